The third kappa shape index (κ3) is 3.56. The number of hydrogen-bond acceptors (Lipinski definition) is 3. The first-order valence-electron chi connectivity index (χ1n) is 7.57. The second kappa shape index (κ2) is 7.51. The smallest absolute Gasteiger partial charge is 0.162 e. The van der Waals surface area contributed by atoms with Crippen LogP contribution in [0.4, 0.5) is 5.69 Å². The van der Waals surface area contributed by atoms with Crippen molar-refractivity contribution in [1.82, 2.24) is 9.88 Å². The molecular weight excluding hydrogens is 361 g/mol. The van der Waals surface area contributed by atoms with Crippen molar-refractivity contribution in [3.8, 4) is 0 Å². The van der Waals surface area contributed by atoms with Gasteiger partial charge in [0.2, 0.25) is 0 Å². The van der Waals surface area contributed by atoms with Crippen LogP contribution in [-0.4, -0.2) is 15.5 Å². The summed E-state index contributed by atoms with van der Waals surface area (Å²) in [5.74, 6) is 0.973. The summed E-state index contributed by atoms with van der Waals surface area (Å²) in [4.78, 5) is 4.68. The monoisotopic (exact) mass is 377 g/mol. The Morgan fingerprint density at radius 3 is 2.96 bits per heavy atom. The molecule has 0 radical (unpaired) electrons. The Morgan fingerprint density at radius 2 is 2.04 bits per heavy atom. The molecule has 2 heterocycles. The molecule has 0 fully saturated rings. The molecule has 6 heteroatoms. The van der Waals surface area contributed by atoms with E-state index in [-0.39, 0.29) is 12.4 Å². The van der Waals surface area contributed by atoms with Gasteiger partial charge in [-0.2, -0.15) is 0 Å². The highest BCUT2D eigenvalue weighted by molar-refractivity contribution is 8.13. The van der Waals surface area contributed by atoms with Gasteiger partial charge in [-0.25, -0.2) is 4.99 Å². The van der Waals surface area contributed by atoms with Gasteiger partial charge in [-0.15, -0.1) is 12.4 Å². The Hall–Kier alpha value is -1.62. The fraction of sp³-hybridized carbons (Fsp3) is 0.167. The Bertz CT molecular complexity index is 889. The fourth-order valence-electron chi connectivity index (χ4n) is 2.78. The van der Waals surface area contributed by atoms with Crippen LogP contribution in [0.25, 0.3) is 10.9 Å². The van der Waals surface area contributed by atoms with Crippen molar-refractivity contribution in [3.05, 3.63) is 65.3 Å². The van der Waals surface area contributed by atoms with E-state index in [0.29, 0.717) is 0 Å². The molecule has 0 unspecified atom stereocenters. The predicted molar refractivity (Wildman–Crippen MR) is 107 cm³/mol. The van der Waals surface area contributed by atoms with E-state index in [0.717, 1.165) is 34.7 Å². The van der Waals surface area contributed by atoms with Crippen LogP contribution < -0.4 is 5.32 Å². The molecule has 0 bridgehead atoms. The van der Waals surface area contributed by atoms with Crippen LogP contribution in [0.1, 0.15) is 5.56 Å². The van der Waals surface area contributed by atoms with Gasteiger partial charge >= 0.3 is 0 Å². The normalized spacial score (nSPS) is 13.0. The van der Waals surface area contributed by atoms with Gasteiger partial charge in [0.25, 0.3) is 0 Å². The molecule has 1 aliphatic rings. The number of fused-ring (bicyclic) bond motifs is 2. The molecule has 0 atom stereocenters. The highest BCUT2D eigenvalue weighted by atomic mass is 35.5. The molecule has 0 spiro atoms. The maximum absolute atomic E-state index is 6.04. The number of aromatic nitrogens is 1. The lowest BCUT2D eigenvalue weighted by molar-refractivity contribution is 0.808. The standard InChI is InChI=1S/C18H16ClN3S.ClH/c19-15-5-6-17-13(11-15)7-8-22(17)9-10-23-18-20-12-14-3-1-2-4-16(14)21-18;/h1-8,11H,9-10,12H2,(H,20,21);1H. The van der Waals surface area contributed by atoms with Gasteiger partial charge in [0, 0.05) is 41.0 Å². The maximum atomic E-state index is 6.04. The van der Waals surface area contributed by atoms with Gasteiger partial charge < -0.3 is 9.88 Å². The van der Waals surface area contributed by atoms with Crippen molar-refractivity contribution in [1.29, 1.82) is 0 Å². The lowest BCUT2D eigenvalue weighted by Crippen LogP contribution is -2.23. The SMILES string of the molecule is Cl.Clc1ccc2c(ccn2CCSC2=Nc3ccccc3CN2)c1. The molecule has 0 saturated carbocycles. The fourth-order valence-corrected chi connectivity index (χ4v) is 3.78. The maximum Gasteiger partial charge on any atom is 0.162 e. The van der Waals surface area contributed by atoms with Crippen LogP contribution >= 0.6 is 35.8 Å². The van der Waals surface area contributed by atoms with Gasteiger partial charge in [-0.3, -0.25) is 0 Å². The summed E-state index contributed by atoms with van der Waals surface area (Å²) >= 11 is 7.80. The summed E-state index contributed by atoms with van der Waals surface area (Å²) < 4.78 is 2.26. The van der Waals surface area contributed by atoms with Crippen LogP contribution in [-0.2, 0) is 13.1 Å². The van der Waals surface area contributed by atoms with E-state index in [1.165, 1.54) is 16.5 Å². The van der Waals surface area contributed by atoms with Crippen molar-refractivity contribution < 1.29 is 0 Å². The minimum Gasteiger partial charge on any atom is -0.360 e. The van der Waals surface area contributed by atoms with Crippen LogP contribution in [0.2, 0.25) is 5.02 Å². The third-order valence-electron chi connectivity index (χ3n) is 3.95. The summed E-state index contributed by atoms with van der Waals surface area (Å²) in [5.41, 5.74) is 3.55. The largest absolute Gasteiger partial charge is 0.360 e. The molecule has 3 aromatic rings. The summed E-state index contributed by atoms with van der Waals surface area (Å²) in [5, 5.41) is 6.36. The second-order valence-electron chi connectivity index (χ2n) is 5.46. The summed E-state index contributed by atoms with van der Waals surface area (Å²) in [6, 6.07) is 16.4. The number of thioether (sulfide) groups is 1. The number of amidine groups is 1. The van der Waals surface area contributed by atoms with E-state index in [1.54, 1.807) is 11.8 Å². The van der Waals surface area contributed by atoms with Crippen molar-refractivity contribution in [2.45, 2.75) is 13.1 Å². The molecule has 1 N–H and O–H groups in total. The van der Waals surface area contributed by atoms with Crippen LogP contribution in [0, 0.1) is 0 Å². The molecule has 0 aliphatic carbocycles. The molecule has 124 valence electrons. The first-order chi connectivity index (χ1) is 11.3. The van der Waals surface area contributed by atoms with Gasteiger partial charge in [0.05, 0.1) is 5.69 Å². The Labute approximate surface area is 156 Å². The summed E-state index contributed by atoms with van der Waals surface area (Å²) in [6.45, 7) is 1.80. The van der Waals surface area contributed by atoms with Gasteiger partial charge in [-0.05, 0) is 35.9 Å². The van der Waals surface area contributed by atoms with Crippen molar-refractivity contribution >= 4 is 57.5 Å². The van der Waals surface area contributed by atoms with Crippen LogP contribution in [0.3, 0.4) is 0 Å². The lowest BCUT2D eigenvalue weighted by atomic mass is 10.1. The Kier molecular flexibility index (Phi) is 5.39. The van der Waals surface area contributed by atoms with E-state index in [2.05, 4.69) is 51.4 Å². The van der Waals surface area contributed by atoms with E-state index in [1.807, 2.05) is 18.2 Å². The van der Waals surface area contributed by atoms with E-state index in [4.69, 9.17) is 11.6 Å². The Morgan fingerprint density at radius 1 is 1.17 bits per heavy atom. The number of hydrogen-bond donors (Lipinski definition) is 1. The Balaban J connectivity index is 0.00000169. The van der Waals surface area contributed by atoms with Gasteiger partial charge in [0.15, 0.2) is 5.17 Å². The van der Waals surface area contributed by atoms with Crippen LogP contribution in [0.15, 0.2) is 59.7 Å². The quantitative estimate of drug-likeness (QED) is 0.675. The summed E-state index contributed by atoms with van der Waals surface area (Å²) in [6.07, 6.45) is 2.12. The lowest BCUT2D eigenvalue weighted by Gasteiger charge is -2.17. The zero-order chi connectivity index (χ0) is 15.6. The predicted octanol–water partition coefficient (Wildman–Crippen LogP) is 5.24. The highest BCUT2D eigenvalue weighted by Crippen LogP contribution is 2.25. The second-order valence-corrected chi connectivity index (χ2v) is 6.98. The zero-order valence-corrected chi connectivity index (χ0v) is 15.3. The first-order valence-corrected chi connectivity index (χ1v) is 8.94. The number of rotatable bonds is 3. The molecule has 0 amide bonds. The number of para-hydroxylation sites is 1. The van der Waals surface area contributed by atoms with Crippen LogP contribution in [0.5, 0.6) is 0 Å². The average Bonchev–Trinajstić information content (AvgIpc) is 2.97. The molecule has 0 saturated heterocycles. The molecule has 24 heavy (non-hydrogen) atoms. The third-order valence-corrected chi connectivity index (χ3v) is 5.08. The van der Waals surface area contributed by atoms with E-state index >= 15 is 0 Å². The van der Waals surface area contributed by atoms with Gasteiger partial charge in [-0.1, -0.05) is 41.6 Å². The van der Waals surface area contributed by atoms with E-state index in [9.17, 15) is 0 Å². The molecule has 2 aromatic carbocycles. The zero-order valence-electron chi connectivity index (χ0n) is 12.9. The molecule has 4 rings (SSSR count). The number of aryl methyl sites for hydroxylation is 1. The summed E-state index contributed by atoms with van der Waals surface area (Å²) in [7, 11) is 0. The number of nitrogens with one attached hydrogen (secondary N) is 1. The molecular formula is C18H17Cl2N3S. The minimum absolute atomic E-state index is 0. The van der Waals surface area contributed by atoms with Crippen molar-refractivity contribution in [2.75, 3.05) is 5.75 Å². The first kappa shape index (κ1) is 17.2. The molecule has 3 nitrogen and oxygen atoms in total. The molecule has 1 aliphatic heterocycles. The number of aliphatic imine (C=N–C) groups is 1. The minimum atomic E-state index is 0. The number of benzene rings is 2. The number of halogens is 2. The topological polar surface area (TPSA) is 29.3 Å². The highest BCUT2D eigenvalue weighted by Gasteiger charge is 2.10. The van der Waals surface area contributed by atoms with Crippen molar-refractivity contribution in [2.24, 2.45) is 4.99 Å². The van der Waals surface area contributed by atoms with Gasteiger partial charge in [0.1, 0.15) is 0 Å². The average molecular weight is 378 g/mol. The van der Waals surface area contributed by atoms with Crippen molar-refractivity contribution in [3.63, 3.8) is 0 Å². The van der Waals surface area contributed by atoms with E-state index < -0.39 is 0 Å². The number of nitrogens with zero attached hydrogens (tertiary/aromatic N) is 2. The molecule has 1 aromatic heterocycles.